The van der Waals surface area contributed by atoms with Crippen LogP contribution in [0.4, 0.5) is 0 Å². The van der Waals surface area contributed by atoms with E-state index in [1.807, 2.05) is 18.2 Å². The predicted octanol–water partition coefficient (Wildman–Crippen LogP) is 0.619. The molecule has 0 spiro atoms. The van der Waals surface area contributed by atoms with Crippen molar-refractivity contribution in [3.63, 3.8) is 0 Å². The van der Waals surface area contributed by atoms with E-state index >= 15 is 0 Å². The van der Waals surface area contributed by atoms with Crippen LogP contribution in [0.5, 0.6) is 0 Å². The van der Waals surface area contributed by atoms with Crippen LogP contribution in [-0.4, -0.2) is 22.9 Å². The van der Waals surface area contributed by atoms with Gasteiger partial charge < -0.3 is 10.0 Å². The predicted molar refractivity (Wildman–Crippen MR) is 58.1 cm³/mol. The monoisotopic (exact) mass is 196 g/mol. The highest BCUT2D eigenvalue weighted by Gasteiger charge is 2.14. The Morgan fingerprint density at radius 2 is 2.00 bits per heavy atom. The van der Waals surface area contributed by atoms with Gasteiger partial charge in [-0.2, -0.15) is 11.8 Å². The van der Waals surface area contributed by atoms with Crippen LogP contribution in [0, 0.1) is 0 Å². The first-order valence-electron chi connectivity index (χ1n) is 4.27. The fourth-order valence-electron chi connectivity index (χ4n) is 1.13. The third kappa shape index (κ3) is 3.06. The second kappa shape index (κ2) is 5.32. The lowest BCUT2D eigenvalue weighted by molar-refractivity contribution is 0.425. The summed E-state index contributed by atoms with van der Waals surface area (Å²) in [6, 6.07) is 7.40. The minimum absolute atomic E-state index is 0.614. The van der Waals surface area contributed by atoms with E-state index in [0.717, 1.165) is 17.1 Å². The van der Waals surface area contributed by atoms with Crippen molar-refractivity contribution >= 4 is 24.3 Å². The summed E-state index contributed by atoms with van der Waals surface area (Å²) in [6.45, 7) is 2.09. The Labute approximate surface area is 83.1 Å². The van der Waals surface area contributed by atoms with Gasteiger partial charge in [0.25, 0.3) is 0 Å². The van der Waals surface area contributed by atoms with E-state index in [2.05, 4.69) is 6.92 Å². The molecule has 0 radical (unpaired) electrons. The van der Waals surface area contributed by atoms with E-state index in [1.54, 1.807) is 17.8 Å². The fourth-order valence-corrected chi connectivity index (χ4v) is 1.82. The van der Waals surface area contributed by atoms with E-state index in [0.29, 0.717) is 5.46 Å². The molecule has 0 atom stereocenters. The topological polar surface area (TPSA) is 40.5 Å². The van der Waals surface area contributed by atoms with Gasteiger partial charge in [-0.3, -0.25) is 0 Å². The zero-order valence-electron chi connectivity index (χ0n) is 7.60. The highest BCUT2D eigenvalue weighted by atomic mass is 32.2. The lowest BCUT2D eigenvalue weighted by Crippen LogP contribution is -2.32. The lowest BCUT2D eigenvalue weighted by Gasteiger charge is -2.06. The molecule has 1 rings (SSSR count). The maximum Gasteiger partial charge on any atom is 0.488 e. The summed E-state index contributed by atoms with van der Waals surface area (Å²) in [5.74, 6) is 1.88. The Morgan fingerprint density at radius 1 is 1.31 bits per heavy atom. The molecule has 0 fully saturated rings. The van der Waals surface area contributed by atoms with Crippen LogP contribution in [-0.2, 0) is 5.75 Å². The molecule has 0 bridgehead atoms. The first-order valence-corrected chi connectivity index (χ1v) is 5.43. The Balaban J connectivity index is 2.78. The molecule has 0 aromatic heterocycles. The highest BCUT2D eigenvalue weighted by Crippen LogP contribution is 2.09. The summed E-state index contributed by atoms with van der Waals surface area (Å²) < 4.78 is 0. The summed E-state index contributed by atoms with van der Waals surface area (Å²) in [5, 5.41) is 18.1. The van der Waals surface area contributed by atoms with E-state index < -0.39 is 7.12 Å². The summed E-state index contributed by atoms with van der Waals surface area (Å²) in [4.78, 5) is 0. The van der Waals surface area contributed by atoms with Gasteiger partial charge >= 0.3 is 7.12 Å². The van der Waals surface area contributed by atoms with E-state index in [1.165, 1.54) is 0 Å². The number of hydrogen-bond acceptors (Lipinski definition) is 3. The molecule has 0 amide bonds. The molecule has 1 aromatic carbocycles. The smallest absolute Gasteiger partial charge is 0.423 e. The summed E-state index contributed by atoms with van der Waals surface area (Å²) in [6.07, 6.45) is 0. The van der Waals surface area contributed by atoms with Crippen LogP contribution in [0.2, 0.25) is 0 Å². The van der Waals surface area contributed by atoms with Crippen LogP contribution in [0.25, 0.3) is 0 Å². The molecule has 13 heavy (non-hydrogen) atoms. The molecule has 0 aliphatic carbocycles. The lowest BCUT2D eigenvalue weighted by atomic mass is 9.77. The third-order valence-corrected chi connectivity index (χ3v) is 2.72. The minimum atomic E-state index is -1.35. The van der Waals surface area contributed by atoms with Gasteiger partial charge in [-0.1, -0.05) is 31.2 Å². The minimum Gasteiger partial charge on any atom is -0.423 e. The zero-order valence-corrected chi connectivity index (χ0v) is 8.42. The normalized spacial score (nSPS) is 10.1. The molecule has 1 aromatic rings. The van der Waals surface area contributed by atoms with Gasteiger partial charge in [-0.15, -0.1) is 0 Å². The molecule has 4 heteroatoms. The quantitative estimate of drug-likeness (QED) is 0.693. The van der Waals surface area contributed by atoms with Gasteiger partial charge in [-0.25, -0.2) is 0 Å². The average molecular weight is 196 g/mol. The van der Waals surface area contributed by atoms with Crippen molar-refractivity contribution in [2.24, 2.45) is 0 Å². The second-order valence-corrected chi connectivity index (χ2v) is 3.98. The summed E-state index contributed by atoms with van der Waals surface area (Å²) in [7, 11) is -1.35. The van der Waals surface area contributed by atoms with Crippen molar-refractivity contribution < 1.29 is 10.0 Å². The summed E-state index contributed by atoms with van der Waals surface area (Å²) >= 11 is 1.77. The molecular weight excluding hydrogens is 183 g/mol. The molecule has 0 heterocycles. The SMILES string of the molecule is CCSCc1ccccc1B(O)O. The van der Waals surface area contributed by atoms with E-state index in [-0.39, 0.29) is 0 Å². The van der Waals surface area contributed by atoms with Gasteiger partial charge in [0, 0.05) is 5.75 Å². The van der Waals surface area contributed by atoms with Gasteiger partial charge in [0.05, 0.1) is 0 Å². The van der Waals surface area contributed by atoms with Crippen molar-refractivity contribution in [2.45, 2.75) is 12.7 Å². The second-order valence-electron chi connectivity index (χ2n) is 2.71. The van der Waals surface area contributed by atoms with Crippen molar-refractivity contribution in [1.29, 1.82) is 0 Å². The van der Waals surface area contributed by atoms with Gasteiger partial charge in [0.1, 0.15) is 0 Å². The van der Waals surface area contributed by atoms with Gasteiger partial charge in [-0.05, 0) is 16.8 Å². The van der Waals surface area contributed by atoms with Crippen LogP contribution < -0.4 is 5.46 Å². The van der Waals surface area contributed by atoms with Gasteiger partial charge in [0.15, 0.2) is 0 Å². The Hall–Kier alpha value is -0.445. The number of thioether (sulfide) groups is 1. The first-order chi connectivity index (χ1) is 6.25. The fraction of sp³-hybridized carbons (Fsp3) is 0.333. The maximum absolute atomic E-state index is 9.05. The van der Waals surface area contributed by atoms with E-state index in [9.17, 15) is 0 Å². The molecule has 0 aliphatic rings. The van der Waals surface area contributed by atoms with Crippen molar-refractivity contribution in [2.75, 3.05) is 5.75 Å². The van der Waals surface area contributed by atoms with Crippen molar-refractivity contribution in [1.82, 2.24) is 0 Å². The highest BCUT2D eigenvalue weighted by molar-refractivity contribution is 7.98. The molecule has 0 saturated heterocycles. The van der Waals surface area contributed by atoms with Crippen LogP contribution >= 0.6 is 11.8 Å². The van der Waals surface area contributed by atoms with Gasteiger partial charge in [0.2, 0.25) is 0 Å². The third-order valence-electron chi connectivity index (χ3n) is 1.79. The molecule has 0 saturated carbocycles. The van der Waals surface area contributed by atoms with Crippen LogP contribution in [0.3, 0.4) is 0 Å². The standard InChI is InChI=1S/C9H13BO2S/c1-2-13-7-8-5-3-4-6-9(8)10(11)12/h3-6,11-12H,2,7H2,1H3. The molecule has 0 unspecified atom stereocenters. The number of rotatable bonds is 4. The van der Waals surface area contributed by atoms with Crippen LogP contribution in [0.15, 0.2) is 24.3 Å². The molecule has 2 nitrogen and oxygen atoms in total. The van der Waals surface area contributed by atoms with Crippen LogP contribution in [0.1, 0.15) is 12.5 Å². The number of hydrogen-bond donors (Lipinski definition) is 2. The zero-order chi connectivity index (χ0) is 9.68. The Morgan fingerprint density at radius 3 is 2.62 bits per heavy atom. The molecule has 70 valence electrons. The van der Waals surface area contributed by atoms with E-state index in [4.69, 9.17) is 10.0 Å². The van der Waals surface area contributed by atoms with Crippen molar-refractivity contribution in [3.8, 4) is 0 Å². The largest absolute Gasteiger partial charge is 0.488 e. The number of benzene rings is 1. The molecular formula is C9H13BO2S. The van der Waals surface area contributed by atoms with Crippen molar-refractivity contribution in [3.05, 3.63) is 29.8 Å². The summed E-state index contributed by atoms with van der Waals surface area (Å²) in [5.41, 5.74) is 1.62. The molecule has 2 N–H and O–H groups in total. The average Bonchev–Trinajstić information content (AvgIpc) is 2.15. The Kier molecular flexibility index (Phi) is 4.35. The first kappa shape index (κ1) is 10.6. The maximum atomic E-state index is 9.05. The Bertz CT molecular complexity index is 266. The molecule has 0 aliphatic heterocycles.